The molecular weight excluding hydrogens is 679 g/mol. The molecule has 3 atom stereocenters. The van der Waals surface area contributed by atoms with Crippen molar-refractivity contribution in [3.05, 3.63) is 35.9 Å². The zero-order chi connectivity index (χ0) is 39.4. The van der Waals surface area contributed by atoms with Crippen LogP contribution in [0, 0.1) is 5.92 Å². The molecule has 0 bridgehead atoms. The van der Waals surface area contributed by atoms with Gasteiger partial charge in [0.1, 0.15) is 6.61 Å². The second-order valence-electron chi connectivity index (χ2n) is 17.4. The average molecular weight is 762 g/mol. The molecule has 0 saturated carbocycles. The summed E-state index contributed by atoms with van der Waals surface area (Å²) >= 11 is 0. The number of benzene rings is 1. The molecule has 0 radical (unpaired) electrons. The summed E-state index contributed by atoms with van der Waals surface area (Å²) in [6, 6.07) is 9.31. The number of carboxylic acid groups (broad SMARTS) is 1. The van der Waals surface area contributed by atoms with E-state index in [1.807, 2.05) is 30.3 Å². The van der Waals surface area contributed by atoms with Crippen molar-refractivity contribution in [3.63, 3.8) is 0 Å². The third kappa shape index (κ3) is 25.0. The van der Waals surface area contributed by atoms with Gasteiger partial charge in [-0.05, 0) is 68.3 Å². The fourth-order valence-corrected chi connectivity index (χ4v) is 8.13. The number of carbonyl (C=O) groups excluding carboxylic acids is 1. The van der Waals surface area contributed by atoms with Crippen LogP contribution in [0.2, 0.25) is 18.1 Å². The first-order valence-corrected chi connectivity index (χ1v) is 24.7. The van der Waals surface area contributed by atoms with Crippen molar-refractivity contribution < 1.29 is 28.6 Å². The van der Waals surface area contributed by atoms with E-state index >= 15 is 0 Å². The molecule has 308 valence electrons. The number of hydrogen-bond acceptors (Lipinski definition) is 6. The summed E-state index contributed by atoms with van der Waals surface area (Å²) in [6.45, 7) is 21.5. The van der Waals surface area contributed by atoms with E-state index in [2.05, 4.69) is 59.5 Å². The van der Waals surface area contributed by atoms with Gasteiger partial charge in [0.2, 0.25) is 6.10 Å². The van der Waals surface area contributed by atoms with Crippen molar-refractivity contribution in [3.8, 4) is 0 Å². The molecule has 0 aliphatic rings. The van der Waals surface area contributed by atoms with Crippen LogP contribution in [0.25, 0.3) is 0 Å². The lowest BCUT2D eigenvalue weighted by molar-refractivity contribution is -0.148. The third-order valence-electron chi connectivity index (χ3n) is 11.1. The maximum absolute atomic E-state index is 12.3. The van der Waals surface area contributed by atoms with Gasteiger partial charge in [0.25, 0.3) is 0 Å². The zero-order valence-electron chi connectivity index (χ0n) is 35.7. The van der Waals surface area contributed by atoms with Crippen LogP contribution in [0.5, 0.6) is 0 Å². The number of carboxylic acids is 1. The van der Waals surface area contributed by atoms with E-state index < -0.39 is 26.5 Å². The minimum Gasteiger partial charge on any atom is -0.479 e. The molecule has 3 unspecified atom stereocenters. The van der Waals surface area contributed by atoms with Crippen LogP contribution in [-0.4, -0.2) is 62.3 Å². The minimum absolute atomic E-state index is 0.0508. The first-order chi connectivity index (χ1) is 25.3. The van der Waals surface area contributed by atoms with E-state index in [-0.39, 0.29) is 24.2 Å². The van der Waals surface area contributed by atoms with E-state index in [0.29, 0.717) is 12.3 Å². The second kappa shape index (κ2) is 29.4. The fraction of sp³-hybridized carbons (Fsp3) is 0.822. The van der Waals surface area contributed by atoms with E-state index in [1.165, 1.54) is 109 Å². The molecule has 8 heteroatoms. The average Bonchev–Trinajstić information content (AvgIpc) is 3.10. The number of nitrogens with zero attached hydrogens (tertiary/aromatic N) is 1. The van der Waals surface area contributed by atoms with E-state index in [1.54, 1.807) is 0 Å². The van der Waals surface area contributed by atoms with Crippen LogP contribution in [0.4, 0.5) is 4.79 Å². The fourth-order valence-electron chi connectivity index (χ4n) is 6.76. The van der Waals surface area contributed by atoms with Gasteiger partial charge >= 0.3 is 12.1 Å². The summed E-state index contributed by atoms with van der Waals surface area (Å²) in [7, 11) is -1.97. The van der Waals surface area contributed by atoms with Gasteiger partial charge in [-0.3, -0.25) is 0 Å². The Balaban J connectivity index is 2.86. The summed E-state index contributed by atoms with van der Waals surface area (Å²) in [6.07, 6.45) is 23.3. The van der Waals surface area contributed by atoms with Crippen LogP contribution < -0.4 is 0 Å². The van der Waals surface area contributed by atoms with Crippen LogP contribution in [0.1, 0.15) is 182 Å². The van der Waals surface area contributed by atoms with Crippen molar-refractivity contribution in [1.82, 2.24) is 4.90 Å². The van der Waals surface area contributed by atoms with Crippen LogP contribution in [0.15, 0.2) is 30.3 Å². The van der Waals surface area contributed by atoms with E-state index in [9.17, 15) is 14.7 Å². The maximum Gasteiger partial charge on any atom is 0.509 e. The Bertz CT molecular complexity index is 1050. The molecular formula is C45H83NO6Si. The van der Waals surface area contributed by atoms with Crippen molar-refractivity contribution in [2.75, 3.05) is 19.6 Å². The summed E-state index contributed by atoms with van der Waals surface area (Å²) in [5.74, 6) is -0.549. The Kier molecular flexibility index (Phi) is 27.2. The van der Waals surface area contributed by atoms with Gasteiger partial charge < -0.3 is 23.9 Å². The van der Waals surface area contributed by atoms with Crippen molar-refractivity contribution in [2.45, 2.75) is 213 Å². The highest BCUT2D eigenvalue weighted by Gasteiger charge is 2.39. The smallest absolute Gasteiger partial charge is 0.479 e. The highest BCUT2D eigenvalue weighted by atomic mass is 28.4. The quantitative estimate of drug-likeness (QED) is 0.0433. The standard InChI is InChI=1S/C45H83NO6Si/c1-9-11-13-15-17-19-21-24-30-39(3)36-46(35-29-28-34-42(43(47)48)51-44(49)50-38-40-31-25-23-26-32-40)37-41(52-53(7,8)45(4,5)6)33-27-22-20-18-16-14-12-10-2/h23,25-26,31-32,39,41-42H,9-22,24,27-30,33-38H2,1-8H3,(H,47,48). The minimum atomic E-state index is -1.97. The Hall–Kier alpha value is -1.90. The topological polar surface area (TPSA) is 85.3 Å². The largest absolute Gasteiger partial charge is 0.509 e. The number of unbranched alkanes of at least 4 members (excludes halogenated alkanes) is 15. The Morgan fingerprint density at radius 1 is 0.717 bits per heavy atom. The highest BCUT2D eigenvalue weighted by Crippen LogP contribution is 2.38. The second-order valence-corrected chi connectivity index (χ2v) is 22.1. The molecule has 0 saturated heterocycles. The summed E-state index contributed by atoms with van der Waals surface area (Å²) in [4.78, 5) is 27.0. The lowest BCUT2D eigenvalue weighted by Crippen LogP contribution is -2.47. The SMILES string of the molecule is CCCCCCCCCCC(C)CN(CCCCC(OC(=O)OCc1ccccc1)C(=O)O)CC(CCCCCCCCCC)O[Si](C)(C)C(C)(C)C. The summed E-state index contributed by atoms with van der Waals surface area (Å²) in [5, 5.41) is 9.97. The molecule has 0 aliphatic heterocycles. The van der Waals surface area contributed by atoms with Gasteiger partial charge in [0, 0.05) is 13.1 Å². The number of ether oxygens (including phenoxy) is 2. The predicted molar refractivity (Wildman–Crippen MR) is 225 cm³/mol. The molecule has 1 aromatic rings. The number of aliphatic carboxylic acids is 1. The third-order valence-corrected chi connectivity index (χ3v) is 15.7. The normalized spacial score (nSPS) is 13.9. The Morgan fingerprint density at radius 3 is 1.75 bits per heavy atom. The van der Waals surface area contributed by atoms with E-state index in [0.717, 1.165) is 38.0 Å². The van der Waals surface area contributed by atoms with Gasteiger partial charge in [-0.15, -0.1) is 0 Å². The van der Waals surface area contributed by atoms with Crippen LogP contribution in [0.3, 0.4) is 0 Å². The summed E-state index contributed by atoms with van der Waals surface area (Å²) in [5.41, 5.74) is 0.825. The maximum atomic E-state index is 12.3. The monoisotopic (exact) mass is 762 g/mol. The lowest BCUT2D eigenvalue weighted by atomic mass is 10.00. The molecule has 0 amide bonds. The van der Waals surface area contributed by atoms with Gasteiger partial charge in [0.15, 0.2) is 8.32 Å². The lowest BCUT2D eigenvalue weighted by Gasteiger charge is -2.41. The van der Waals surface area contributed by atoms with Gasteiger partial charge in [0.05, 0.1) is 6.10 Å². The Morgan fingerprint density at radius 2 is 1.23 bits per heavy atom. The number of carbonyl (C=O) groups is 2. The molecule has 0 heterocycles. The van der Waals surface area contributed by atoms with E-state index in [4.69, 9.17) is 13.9 Å². The Labute approximate surface area is 327 Å². The first-order valence-electron chi connectivity index (χ1n) is 21.8. The number of rotatable bonds is 33. The van der Waals surface area contributed by atoms with Gasteiger partial charge in [-0.25, -0.2) is 9.59 Å². The molecule has 0 fully saturated rings. The molecule has 1 rings (SSSR count). The van der Waals surface area contributed by atoms with Crippen molar-refractivity contribution >= 4 is 20.4 Å². The summed E-state index contributed by atoms with van der Waals surface area (Å²) < 4.78 is 17.6. The number of hydrogen-bond donors (Lipinski definition) is 1. The zero-order valence-corrected chi connectivity index (χ0v) is 36.7. The molecule has 1 N–H and O–H groups in total. The highest BCUT2D eigenvalue weighted by molar-refractivity contribution is 6.74. The van der Waals surface area contributed by atoms with Crippen LogP contribution >= 0.6 is 0 Å². The molecule has 53 heavy (non-hydrogen) atoms. The molecule has 0 aliphatic carbocycles. The van der Waals surface area contributed by atoms with Gasteiger partial charge in [-0.1, -0.05) is 175 Å². The van der Waals surface area contributed by atoms with Gasteiger partial charge in [-0.2, -0.15) is 0 Å². The predicted octanol–water partition coefficient (Wildman–Crippen LogP) is 13.4. The molecule has 0 spiro atoms. The molecule has 1 aromatic carbocycles. The molecule has 0 aromatic heterocycles. The van der Waals surface area contributed by atoms with Crippen LogP contribution in [-0.2, 0) is 25.3 Å². The molecule has 7 nitrogen and oxygen atoms in total. The first kappa shape index (κ1) is 49.1. The van der Waals surface area contributed by atoms with Crippen molar-refractivity contribution in [1.29, 1.82) is 0 Å². The van der Waals surface area contributed by atoms with Crippen molar-refractivity contribution in [2.24, 2.45) is 5.92 Å².